The molecule has 2 N–H and O–H groups in total. The van der Waals surface area contributed by atoms with Crippen LogP contribution in [0.1, 0.15) is 46.5 Å². The summed E-state index contributed by atoms with van der Waals surface area (Å²) in [5, 5.41) is 11.1. The average molecular weight is 276 g/mol. The topological polar surface area (TPSA) is 51.5 Å². The van der Waals surface area contributed by atoms with Crippen molar-refractivity contribution in [2.45, 2.75) is 46.5 Å². The molecule has 20 heavy (non-hydrogen) atoms. The fraction of sp³-hybridized carbons (Fsp3) is 0.625. The molecule has 1 saturated heterocycles. The van der Waals surface area contributed by atoms with Crippen molar-refractivity contribution in [1.29, 1.82) is 5.41 Å². The third kappa shape index (κ3) is 6.15. The molecule has 0 amide bonds. The Labute approximate surface area is 123 Å². The van der Waals surface area contributed by atoms with Crippen molar-refractivity contribution in [2.75, 3.05) is 19.6 Å². The van der Waals surface area contributed by atoms with Crippen LogP contribution in [0.3, 0.4) is 0 Å². The van der Waals surface area contributed by atoms with Gasteiger partial charge in [0.25, 0.3) is 0 Å². The molecule has 0 aromatic carbocycles. The molecule has 1 fully saturated rings. The summed E-state index contributed by atoms with van der Waals surface area (Å²) < 4.78 is 0. The van der Waals surface area contributed by atoms with Crippen molar-refractivity contribution in [3.8, 4) is 0 Å². The van der Waals surface area contributed by atoms with E-state index in [0.717, 1.165) is 44.6 Å². The molecule has 0 atom stereocenters. The quantitative estimate of drug-likeness (QED) is 0.444. The third-order valence-electron chi connectivity index (χ3n) is 3.34. The minimum absolute atomic E-state index is 0.522. The third-order valence-corrected chi connectivity index (χ3v) is 3.34. The predicted octanol–water partition coefficient (Wildman–Crippen LogP) is 3.33. The molecule has 1 rings (SSSR count). The molecule has 0 aromatic heterocycles. The second-order valence-corrected chi connectivity index (χ2v) is 5.04. The molecule has 0 aromatic rings. The van der Waals surface area contributed by atoms with Crippen molar-refractivity contribution in [3.05, 3.63) is 23.5 Å². The van der Waals surface area contributed by atoms with Gasteiger partial charge in [0.1, 0.15) is 11.7 Å². The lowest BCUT2D eigenvalue weighted by atomic mass is 10.0. The summed E-state index contributed by atoms with van der Waals surface area (Å²) in [6, 6.07) is 0. The van der Waals surface area contributed by atoms with E-state index in [4.69, 9.17) is 5.41 Å². The van der Waals surface area contributed by atoms with Crippen LogP contribution >= 0.6 is 0 Å². The van der Waals surface area contributed by atoms with Gasteiger partial charge in [0.15, 0.2) is 0 Å². The standard InChI is InChI=1S/C16H28N4/c1-4-7-14-8-11-20(12-9-14)13-15(17)19-16(6-3)18-10-5-2/h6-7,10H,4-5,8-9,11-13H2,1-3H3,(H2,17,19)/b16-6+,18-10-. The first-order valence-corrected chi connectivity index (χ1v) is 7.63. The predicted molar refractivity (Wildman–Crippen MR) is 87.5 cm³/mol. The van der Waals surface area contributed by atoms with Gasteiger partial charge in [-0.2, -0.15) is 0 Å². The zero-order valence-electron chi connectivity index (χ0n) is 13.1. The van der Waals surface area contributed by atoms with Crippen LogP contribution in [0.15, 0.2) is 28.5 Å². The fourth-order valence-corrected chi connectivity index (χ4v) is 2.28. The molecule has 0 aliphatic carbocycles. The zero-order valence-corrected chi connectivity index (χ0v) is 13.1. The monoisotopic (exact) mass is 276 g/mol. The van der Waals surface area contributed by atoms with Crippen LogP contribution in [0.25, 0.3) is 0 Å². The first-order chi connectivity index (χ1) is 9.69. The second-order valence-electron chi connectivity index (χ2n) is 5.04. The molecule has 1 aliphatic heterocycles. The van der Waals surface area contributed by atoms with Gasteiger partial charge >= 0.3 is 0 Å². The summed E-state index contributed by atoms with van der Waals surface area (Å²) in [5.74, 6) is 1.29. The highest BCUT2D eigenvalue weighted by molar-refractivity contribution is 5.82. The number of nitrogens with one attached hydrogen (secondary N) is 2. The van der Waals surface area contributed by atoms with Gasteiger partial charge in [0, 0.05) is 19.3 Å². The van der Waals surface area contributed by atoms with Gasteiger partial charge in [-0.1, -0.05) is 25.5 Å². The normalized spacial score (nSPS) is 17.6. The Morgan fingerprint density at radius 3 is 2.55 bits per heavy atom. The summed E-state index contributed by atoms with van der Waals surface area (Å²) in [6.07, 6.45) is 10.4. The lowest BCUT2D eigenvalue weighted by molar-refractivity contribution is 0.288. The van der Waals surface area contributed by atoms with Gasteiger partial charge in [-0.05, 0) is 38.7 Å². The number of likely N-dealkylation sites (tertiary alicyclic amines) is 1. The van der Waals surface area contributed by atoms with Crippen molar-refractivity contribution in [2.24, 2.45) is 4.99 Å². The Morgan fingerprint density at radius 2 is 2.00 bits per heavy atom. The smallest absolute Gasteiger partial charge is 0.126 e. The molecule has 0 spiro atoms. The van der Waals surface area contributed by atoms with Crippen molar-refractivity contribution in [1.82, 2.24) is 10.2 Å². The van der Waals surface area contributed by atoms with Gasteiger partial charge in [0.05, 0.1) is 6.54 Å². The maximum atomic E-state index is 8.04. The fourth-order valence-electron chi connectivity index (χ4n) is 2.28. The molecular formula is C16H28N4. The second kappa shape index (κ2) is 9.48. The Bertz CT molecular complexity index is 383. The maximum absolute atomic E-state index is 8.04. The summed E-state index contributed by atoms with van der Waals surface area (Å²) >= 11 is 0. The van der Waals surface area contributed by atoms with Crippen molar-refractivity contribution >= 4 is 12.1 Å². The lowest BCUT2D eigenvalue weighted by Crippen LogP contribution is -2.39. The van der Waals surface area contributed by atoms with Crippen LogP contribution in [0.2, 0.25) is 0 Å². The summed E-state index contributed by atoms with van der Waals surface area (Å²) in [7, 11) is 0. The number of hydrogen-bond acceptors (Lipinski definition) is 3. The molecule has 0 saturated carbocycles. The van der Waals surface area contributed by atoms with Gasteiger partial charge in [0.2, 0.25) is 0 Å². The van der Waals surface area contributed by atoms with E-state index in [1.807, 2.05) is 19.2 Å². The highest BCUT2D eigenvalue weighted by Crippen LogP contribution is 2.16. The maximum Gasteiger partial charge on any atom is 0.126 e. The first-order valence-electron chi connectivity index (χ1n) is 7.63. The van der Waals surface area contributed by atoms with Crippen LogP contribution in [-0.2, 0) is 0 Å². The molecule has 0 bridgehead atoms. The van der Waals surface area contributed by atoms with Crippen molar-refractivity contribution < 1.29 is 0 Å². The van der Waals surface area contributed by atoms with E-state index in [2.05, 4.69) is 35.1 Å². The number of amidine groups is 1. The molecule has 4 heteroatoms. The van der Waals surface area contributed by atoms with Gasteiger partial charge in [-0.15, -0.1) is 0 Å². The number of piperidine rings is 1. The average Bonchev–Trinajstić information content (AvgIpc) is 2.45. The Balaban J connectivity index is 2.36. The summed E-state index contributed by atoms with van der Waals surface area (Å²) in [5.41, 5.74) is 1.57. The van der Waals surface area contributed by atoms with Crippen LogP contribution in [0.4, 0.5) is 0 Å². The number of nitrogens with zero attached hydrogens (tertiary/aromatic N) is 2. The minimum atomic E-state index is 0.522. The van der Waals surface area contributed by atoms with E-state index >= 15 is 0 Å². The minimum Gasteiger partial charge on any atom is -0.328 e. The molecule has 0 radical (unpaired) electrons. The van der Waals surface area contributed by atoms with Crippen molar-refractivity contribution in [3.63, 3.8) is 0 Å². The van der Waals surface area contributed by atoms with E-state index in [1.54, 1.807) is 5.57 Å². The lowest BCUT2D eigenvalue weighted by Gasteiger charge is -2.28. The van der Waals surface area contributed by atoms with Gasteiger partial charge < -0.3 is 5.32 Å². The van der Waals surface area contributed by atoms with E-state index < -0.39 is 0 Å². The van der Waals surface area contributed by atoms with Crippen LogP contribution in [-0.4, -0.2) is 36.6 Å². The highest BCUT2D eigenvalue weighted by atomic mass is 15.2. The Kier molecular flexibility index (Phi) is 7.88. The van der Waals surface area contributed by atoms with Crippen LogP contribution < -0.4 is 5.32 Å². The number of rotatable bonds is 6. The Morgan fingerprint density at radius 1 is 1.30 bits per heavy atom. The number of aliphatic imine (C=N–C) groups is 1. The zero-order chi connectivity index (χ0) is 14.8. The number of allylic oxidation sites excluding steroid dienone is 2. The molecule has 1 heterocycles. The first kappa shape index (κ1) is 16.6. The van der Waals surface area contributed by atoms with Crippen LogP contribution in [0.5, 0.6) is 0 Å². The molecule has 0 unspecified atom stereocenters. The van der Waals surface area contributed by atoms with E-state index in [1.165, 1.54) is 0 Å². The van der Waals surface area contributed by atoms with E-state index in [9.17, 15) is 0 Å². The number of hydrogen-bond donors (Lipinski definition) is 2. The van der Waals surface area contributed by atoms with E-state index in [-0.39, 0.29) is 0 Å². The van der Waals surface area contributed by atoms with Crippen LogP contribution in [0, 0.1) is 5.41 Å². The summed E-state index contributed by atoms with van der Waals surface area (Å²) in [6.45, 7) is 8.97. The molecule has 112 valence electrons. The highest BCUT2D eigenvalue weighted by Gasteiger charge is 2.14. The largest absolute Gasteiger partial charge is 0.328 e. The Hall–Kier alpha value is -1.42. The van der Waals surface area contributed by atoms with Gasteiger partial charge in [-0.3, -0.25) is 10.3 Å². The SMILES string of the molecule is C/C=C(\N=C/CC)NC(=N)CN1CCC(=CCC)CC1. The molecule has 1 aliphatic rings. The van der Waals surface area contributed by atoms with Gasteiger partial charge in [-0.25, -0.2) is 4.99 Å². The molecule has 4 nitrogen and oxygen atoms in total. The molecular weight excluding hydrogens is 248 g/mol. The van der Waals surface area contributed by atoms with E-state index in [0.29, 0.717) is 12.4 Å². The summed E-state index contributed by atoms with van der Waals surface area (Å²) in [4.78, 5) is 6.62.